The predicted molar refractivity (Wildman–Crippen MR) is 89.4 cm³/mol. The van der Waals surface area contributed by atoms with Crippen molar-refractivity contribution in [2.75, 3.05) is 0 Å². The summed E-state index contributed by atoms with van der Waals surface area (Å²) in [6.07, 6.45) is 0.844. The zero-order chi connectivity index (χ0) is 18.2. The minimum absolute atomic E-state index is 0.463. The van der Waals surface area contributed by atoms with Crippen molar-refractivity contribution in [3.05, 3.63) is 23.8 Å². The fraction of sp³-hybridized carbons (Fsp3) is 0.625. The van der Waals surface area contributed by atoms with Crippen molar-refractivity contribution >= 4 is 18.9 Å². The van der Waals surface area contributed by atoms with Crippen LogP contribution in [-0.4, -0.2) is 30.0 Å². The van der Waals surface area contributed by atoms with Gasteiger partial charge in [0.25, 0.3) is 0 Å². The Morgan fingerprint density at radius 2 is 1.79 bits per heavy atom. The van der Waals surface area contributed by atoms with E-state index in [4.69, 9.17) is 18.5 Å². The second-order valence-electron chi connectivity index (χ2n) is 7.71. The first-order valence-corrected chi connectivity index (χ1v) is 7.87. The number of nitrogens with one attached hydrogen (secondary N) is 1. The van der Waals surface area contributed by atoms with Crippen LogP contribution in [0.15, 0.2) is 27.9 Å². The standard InChI is InChI=1S/C16H25BN2O5/c1-14(2,3)22-13(20)19-18-11-8-9-21-12(10-11)17-23-15(4,5)16(6,7)24-17/h8-10H,1-7H3,(H,19,20)/b18-11-. The van der Waals surface area contributed by atoms with E-state index in [-0.39, 0.29) is 0 Å². The van der Waals surface area contributed by atoms with Gasteiger partial charge < -0.3 is 18.5 Å². The summed E-state index contributed by atoms with van der Waals surface area (Å²) >= 11 is 0. The van der Waals surface area contributed by atoms with Crippen LogP contribution >= 0.6 is 0 Å². The molecule has 0 aliphatic carbocycles. The number of amides is 1. The van der Waals surface area contributed by atoms with E-state index < -0.39 is 30.0 Å². The van der Waals surface area contributed by atoms with Gasteiger partial charge in [-0.25, -0.2) is 10.2 Å². The number of carbonyl (C=O) groups excluding carboxylic acids is 1. The van der Waals surface area contributed by atoms with Crippen molar-refractivity contribution in [3.63, 3.8) is 0 Å². The smallest absolute Gasteiger partial charge is 0.473 e. The number of carbonyl (C=O) groups is 1. The molecule has 0 saturated carbocycles. The molecule has 1 aromatic rings. The van der Waals surface area contributed by atoms with Crippen molar-refractivity contribution in [1.29, 1.82) is 0 Å². The van der Waals surface area contributed by atoms with Crippen molar-refractivity contribution in [3.8, 4) is 0 Å². The van der Waals surface area contributed by atoms with E-state index in [1.165, 1.54) is 6.26 Å². The van der Waals surface area contributed by atoms with Gasteiger partial charge in [0, 0.05) is 12.1 Å². The molecule has 24 heavy (non-hydrogen) atoms. The molecule has 0 bridgehead atoms. The molecule has 2 heterocycles. The van der Waals surface area contributed by atoms with E-state index in [2.05, 4.69) is 10.5 Å². The van der Waals surface area contributed by atoms with Gasteiger partial charge in [0.2, 0.25) is 0 Å². The molecule has 132 valence electrons. The van der Waals surface area contributed by atoms with Crippen molar-refractivity contribution in [1.82, 2.24) is 5.43 Å². The summed E-state index contributed by atoms with van der Waals surface area (Å²) in [5.74, 6) is 0. The molecule has 1 fully saturated rings. The minimum atomic E-state index is -0.633. The van der Waals surface area contributed by atoms with Crippen LogP contribution in [0.5, 0.6) is 0 Å². The van der Waals surface area contributed by atoms with Crippen LogP contribution in [0.4, 0.5) is 4.79 Å². The molecule has 1 N–H and O–H groups in total. The van der Waals surface area contributed by atoms with Gasteiger partial charge in [-0.2, -0.15) is 5.10 Å². The molecule has 2 rings (SSSR count). The Kier molecular flexibility index (Phi) is 4.83. The quantitative estimate of drug-likeness (QED) is 0.659. The highest BCUT2D eigenvalue weighted by molar-refractivity contribution is 6.60. The maximum atomic E-state index is 11.6. The molecule has 1 aliphatic heterocycles. The van der Waals surface area contributed by atoms with E-state index in [1.54, 1.807) is 32.9 Å². The van der Waals surface area contributed by atoms with Gasteiger partial charge >= 0.3 is 13.2 Å². The van der Waals surface area contributed by atoms with Gasteiger partial charge in [-0.1, -0.05) is 0 Å². The Morgan fingerprint density at radius 3 is 2.33 bits per heavy atom. The summed E-state index contributed by atoms with van der Waals surface area (Å²) in [6.45, 7) is 13.2. The van der Waals surface area contributed by atoms with Crippen molar-refractivity contribution < 1.29 is 23.3 Å². The van der Waals surface area contributed by atoms with Crippen molar-refractivity contribution in [2.24, 2.45) is 5.10 Å². The molecule has 0 radical (unpaired) electrons. The van der Waals surface area contributed by atoms with Crippen LogP contribution in [0.2, 0.25) is 0 Å². The maximum Gasteiger partial charge on any atom is 0.532 e. The predicted octanol–water partition coefficient (Wildman–Crippen LogP) is 1.92. The maximum absolute atomic E-state index is 11.6. The van der Waals surface area contributed by atoms with Crippen LogP contribution in [0.25, 0.3) is 0 Å². The topological polar surface area (TPSA) is 82.3 Å². The molecule has 1 saturated heterocycles. The van der Waals surface area contributed by atoms with E-state index in [0.717, 1.165) is 0 Å². The third kappa shape index (κ3) is 4.39. The highest BCUT2D eigenvalue weighted by atomic mass is 16.7. The first-order valence-electron chi connectivity index (χ1n) is 7.87. The minimum Gasteiger partial charge on any atom is -0.473 e. The number of rotatable bonds is 2. The first-order chi connectivity index (χ1) is 10.9. The molecule has 0 unspecified atom stereocenters. The fourth-order valence-electron chi connectivity index (χ4n) is 1.97. The monoisotopic (exact) mass is 336 g/mol. The first kappa shape index (κ1) is 18.5. The second kappa shape index (κ2) is 6.25. The SMILES string of the molecule is CC(C)(C)OC(=O)N/N=c1/ccoc(B2OC(C)(C)C(C)(C)O2)c1. The lowest BCUT2D eigenvalue weighted by molar-refractivity contribution is 0.00578. The van der Waals surface area contributed by atoms with Gasteiger partial charge in [0.05, 0.1) is 22.8 Å². The molecule has 8 heteroatoms. The van der Waals surface area contributed by atoms with Gasteiger partial charge in [0.1, 0.15) is 11.3 Å². The van der Waals surface area contributed by atoms with Gasteiger partial charge in [-0.05, 0) is 48.5 Å². The Morgan fingerprint density at radius 1 is 1.21 bits per heavy atom. The molecular formula is C16H25BN2O5. The largest absolute Gasteiger partial charge is 0.532 e. The number of hydrogen-bond acceptors (Lipinski definition) is 6. The highest BCUT2D eigenvalue weighted by Gasteiger charge is 2.52. The zero-order valence-corrected chi connectivity index (χ0v) is 15.3. The summed E-state index contributed by atoms with van der Waals surface area (Å²) < 4.78 is 22.5. The number of nitrogens with zero attached hydrogens (tertiary/aromatic N) is 1. The lowest BCUT2D eigenvalue weighted by Crippen LogP contribution is -2.41. The van der Waals surface area contributed by atoms with Crippen LogP contribution in [0.1, 0.15) is 48.5 Å². The number of hydrogen-bond donors (Lipinski definition) is 1. The van der Waals surface area contributed by atoms with Crippen LogP contribution in [0.3, 0.4) is 0 Å². The van der Waals surface area contributed by atoms with Gasteiger partial charge in [-0.3, -0.25) is 0 Å². The summed E-state index contributed by atoms with van der Waals surface area (Å²) in [5.41, 5.74) is 1.31. The molecule has 0 aromatic carbocycles. The third-order valence-corrected chi connectivity index (χ3v) is 3.89. The zero-order valence-electron chi connectivity index (χ0n) is 15.3. The average molecular weight is 336 g/mol. The molecule has 7 nitrogen and oxygen atoms in total. The molecule has 1 aliphatic rings. The fourth-order valence-corrected chi connectivity index (χ4v) is 1.97. The molecular weight excluding hydrogens is 311 g/mol. The van der Waals surface area contributed by atoms with Crippen LogP contribution in [0, 0.1) is 0 Å². The van der Waals surface area contributed by atoms with E-state index >= 15 is 0 Å². The van der Waals surface area contributed by atoms with Crippen molar-refractivity contribution in [2.45, 2.75) is 65.3 Å². The molecule has 0 atom stereocenters. The van der Waals surface area contributed by atoms with E-state index in [9.17, 15) is 4.79 Å². The van der Waals surface area contributed by atoms with Gasteiger partial charge in [-0.15, -0.1) is 0 Å². The Hall–Kier alpha value is -1.80. The summed E-state index contributed by atoms with van der Waals surface area (Å²) in [6, 6.07) is 3.27. The summed E-state index contributed by atoms with van der Waals surface area (Å²) in [4.78, 5) is 11.6. The van der Waals surface area contributed by atoms with Gasteiger partial charge in [0.15, 0.2) is 0 Å². The van der Waals surface area contributed by atoms with E-state index in [1.807, 2.05) is 27.7 Å². The van der Waals surface area contributed by atoms with Crippen LogP contribution in [-0.2, 0) is 14.0 Å². The lowest BCUT2D eigenvalue weighted by atomic mass is 9.86. The molecule has 0 spiro atoms. The Bertz CT molecular complexity index is 660. The lowest BCUT2D eigenvalue weighted by Gasteiger charge is -2.32. The normalized spacial score (nSPS) is 20.1. The highest BCUT2D eigenvalue weighted by Crippen LogP contribution is 2.36. The summed E-state index contributed by atoms with van der Waals surface area (Å²) in [7, 11) is -0.633. The second-order valence-corrected chi connectivity index (χ2v) is 7.71. The Balaban J connectivity index is 2.13. The van der Waals surface area contributed by atoms with Crippen LogP contribution < -0.4 is 16.4 Å². The average Bonchev–Trinajstić information content (AvgIpc) is 2.64. The molecule has 1 amide bonds. The number of ether oxygens (including phenoxy) is 1. The molecule has 1 aromatic heterocycles. The summed E-state index contributed by atoms with van der Waals surface area (Å²) in [5, 5.41) is 4.50. The van der Waals surface area contributed by atoms with E-state index in [0.29, 0.717) is 11.0 Å². The Labute approximate surface area is 142 Å². The third-order valence-electron chi connectivity index (χ3n) is 3.89.